The topological polar surface area (TPSA) is 93.2 Å². The van der Waals surface area contributed by atoms with Gasteiger partial charge in [0.1, 0.15) is 17.3 Å². The molecule has 0 spiro atoms. The minimum Gasteiger partial charge on any atom is -0.484 e. The van der Waals surface area contributed by atoms with Gasteiger partial charge in [-0.15, -0.1) is 0 Å². The van der Waals surface area contributed by atoms with E-state index in [1.807, 2.05) is 0 Å². The summed E-state index contributed by atoms with van der Waals surface area (Å²) in [6.45, 7) is 1.89. The number of rotatable bonds is 6. The Kier molecular flexibility index (Phi) is 5.83. The van der Waals surface area contributed by atoms with Crippen LogP contribution in [0.15, 0.2) is 36.8 Å². The molecule has 1 heterocycles. The summed E-state index contributed by atoms with van der Waals surface area (Å²) in [5, 5.41) is 6.32. The van der Waals surface area contributed by atoms with Crippen molar-refractivity contribution in [1.29, 1.82) is 0 Å². The molecule has 2 amide bonds. The molecule has 2 aromatic rings. The van der Waals surface area contributed by atoms with Gasteiger partial charge < -0.3 is 15.4 Å². The summed E-state index contributed by atoms with van der Waals surface area (Å²) >= 11 is 5.66. The molecule has 3 aliphatic rings. The van der Waals surface area contributed by atoms with Gasteiger partial charge in [0, 0.05) is 29.5 Å². The quantitative estimate of drug-likeness (QED) is 0.710. The van der Waals surface area contributed by atoms with Gasteiger partial charge in [-0.25, -0.2) is 9.37 Å². The molecule has 9 heteroatoms. The van der Waals surface area contributed by atoms with Gasteiger partial charge in [-0.2, -0.15) is 0 Å². The van der Waals surface area contributed by atoms with Gasteiger partial charge in [0.05, 0.1) is 11.2 Å². The lowest BCUT2D eigenvalue weighted by atomic mass is 9.56. The van der Waals surface area contributed by atoms with E-state index in [0.29, 0.717) is 5.69 Å². The minimum absolute atomic E-state index is 0.00353. The Balaban J connectivity index is 1.34. The maximum atomic E-state index is 13.5. The zero-order valence-electron chi connectivity index (χ0n) is 17.2. The summed E-state index contributed by atoms with van der Waals surface area (Å²) in [6.07, 6.45) is 8.31. The first-order valence-corrected chi connectivity index (χ1v) is 10.7. The summed E-state index contributed by atoms with van der Waals surface area (Å²) in [5.74, 6) is -0.636. The molecular weight excluding hydrogens is 423 g/mol. The maximum absolute atomic E-state index is 13.5. The molecule has 3 saturated carbocycles. The Morgan fingerprint density at radius 3 is 2.65 bits per heavy atom. The number of halogens is 2. The summed E-state index contributed by atoms with van der Waals surface area (Å²) in [6, 6.07) is 4.07. The van der Waals surface area contributed by atoms with Gasteiger partial charge in [-0.05, 0) is 50.2 Å². The minimum atomic E-state index is -0.591. The molecule has 5 rings (SSSR count). The predicted octanol–water partition coefficient (Wildman–Crippen LogP) is 3.29. The summed E-state index contributed by atoms with van der Waals surface area (Å²) in [7, 11) is 0. The van der Waals surface area contributed by atoms with E-state index in [4.69, 9.17) is 16.3 Å². The fourth-order valence-corrected chi connectivity index (χ4v) is 4.95. The lowest BCUT2D eigenvalue weighted by molar-refractivity contribution is -0.128. The number of benzene rings is 1. The largest absolute Gasteiger partial charge is 0.484 e. The Bertz CT molecular complexity index is 980. The van der Waals surface area contributed by atoms with Crippen LogP contribution in [-0.2, 0) is 4.79 Å². The van der Waals surface area contributed by atoms with Crippen LogP contribution in [0.2, 0.25) is 5.02 Å². The molecular formula is C22H24ClFN4O3. The van der Waals surface area contributed by atoms with Crippen molar-refractivity contribution in [3.8, 4) is 5.75 Å². The first-order chi connectivity index (χ1) is 14.8. The first-order valence-electron chi connectivity index (χ1n) is 10.3. The van der Waals surface area contributed by atoms with Crippen LogP contribution in [0.25, 0.3) is 0 Å². The van der Waals surface area contributed by atoms with Crippen molar-refractivity contribution in [3.63, 3.8) is 0 Å². The van der Waals surface area contributed by atoms with Crippen molar-refractivity contribution in [2.75, 3.05) is 6.61 Å². The molecule has 7 nitrogen and oxygen atoms in total. The average molecular weight is 447 g/mol. The van der Waals surface area contributed by atoms with Gasteiger partial charge in [0.25, 0.3) is 11.8 Å². The molecule has 0 saturated heterocycles. The molecule has 0 radical (unpaired) electrons. The molecule has 0 unspecified atom stereocenters. The van der Waals surface area contributed by atoms with Crippen molar-refractivity contribution in [2.24, 2.45) is 5.92 Å². The second-order valence-corrected chi connectivity index (χ2v) is 8.91. The Hall–Kier alpha value is -2.74. The van der Waals surface area contributed by atoms with Crippen molar-refractivity contribution in [1.82, 2.24) is 20.6 Å². The van der Waals surface area contributed by atoms with E-state index in [-0.39, 0.29) is 46.2 Å². The normalized spacial score (nSPS) is 26.9. The molecule has 2 N–H and O–H groups in total. The van der Waals surface area contributed by atoms with Crippen molar-refractivity contribution < 1.29 is 18.7 Å². The zero-order chi connectivity index (χ0) is 22.1. The van der Waals surface area contributed by atoms with E-state index in [2.05, 4.69) is 27.5 Å². The van der Waals surface area contributed by atoms with Crippen LogP contribution in [-0.4, -0.2) is 39.5 Å². The van der Waals surface area contributed by atoms with E-state index < -0.39 is 5.82 Å². The van der Waals surface area contributed by atoms with Gasteiger partial charge in [-0.3, -0.25) is 14.6 Å². The molecule has 31 heavy (non-hydrogen) atoms. The standard InChI is InChI=1S/C22H24ClFN4O3/c1-14-11-21(28-20(30)18-12-25-8-9-26-18)4-6-22(14,7-5-21)27-19(29)13-31-15-2-3-16(23)17(24)10-15/h2-3,8-10,12,14H,4-7,11,13H2,1H3,(H,27,29)(H,28,30)/t14-,21?,22?/m0/s1. The number of carbonyl (C=O) groups excluding carboxylic acids is 2. The third-order valence-corrected chi connectivity index (χ3v) is 6.87. The molecule has 2 bridgehead atoms. The zero-order valence-corrected chi connectivity index (χ0v) is 17.9. The summed E-state index contributed by atoms with van der Waals surface area (Å²) in [5.41, 5.74) is -0.321. The maximum Gasteiger partial charge on any atom is 0.271 e. The first kappa shape index (κ1) is 21.5. The number of carbonyl (C=O) groups is 2. The molecule has 0 aliphatic heterocycles. The molecule has 1 atom stereocenters. The van der Waals surface area contributed by atoms with Gasteiger partial charge in [0.2, 0.25) is 0 Å². The van der Waals surface area contributed by atoms with Gasteiger partial charge in [-0.1, -0.05) is 18.5 Å². The van der Waals surface area contributed by atoms with E-state index in [0.717, 1.165) is 38.2 Å². The number of nitrogens with one attached hydrogen (secondary N) is 2. The average Bonchev–Trinajstić information content (AvgIpc) is 2.76. The summed E-state index contributed by atoms with van der Waals surface area (Å²) in [4.78, 5) is 33.2. The van der Waals surface area contributed by atoms with Crippen LogP contribution in [0.3, 0.4) is 0 Å². The molecule has 3 fully saturated rings. The number of ether oxygens (including phenoxy) is 1. The lowest BCUT2D eigenvalue weighted by Crippen LogP contribution is -2.67. The van der Waals surface area contributed by atoms with Crippen LogP contribution in [0.5, 0.6) is 5.75 Å². The van der Waals surface area contributed by atoms with E-state index >= 15 is 0 Å². The van der Waals surface area contributed by atoms with E-state index in [1.54, 1.807) is 0 Å². The third kappa shape index (κ3) is 4.49. The lowest BCUT2D eigenvalue weighted by Gasteiger charge is -2.57. The van der Waals surface area contributed by atoms with Gasteiger partial charge in [0.15, 0.2) is 6.61 Å². The Morgan fingerprint density at radius 1 is 1.23 bits per heavy atom. The highest BCUT2D eigenvalue weighted by atomic mass is 35.5. The number of nitrogens with zero attached hydrogens (tertiary/aromatic N) is 2. The molecule has 164 valence electrons. The third-order valence-electron chi connectivity index (χ3n) is 6.56. The highest BCUT2D eigenvalue weighted by Crippen LogP contribution is 2.50. The number of amides is 2. The van der Waals surface area contributed by atoms with Crippen molar-refractivity contribution >= 4 is 23.4 Å². The van der Waals surface area contributed by atoms with Crippen LogP contribution in [0.4, 0.5) is 4.39 Å². The second-order valence-electron chi connectivity index (χ2n) is 8.50. The van der Waals surface area contributed by atoms with Crippen LogP contribution >= 0.6 is 11.6 Å². The van der Waals surface area contributed by atoms with Gasteiger partial charge >= 0.3 is 0 Å². The highest BCUT2D eigenvalue weighted by molar-refractivity contribution is 6.30. The SMILES string of the molecule is C[C@H]1CC2(NC(=O)c3cnccn3)CCC1(NC(=O)COc1ccc(Cl)c(F)c1)CC2. The molecule has 1 aromatic heterocycles. The van der Waals surface area contributed by atoms with E-state index in [1.165, 1.54) is 30.7 Å². The number of hydrogen-bond acceptors (Lipinski definition) is 5. The second kappa shape index (κ2) is 8.42. The van der Waals surface area contributed by atoms with E-state index in [9.17, 15) is 14.0 Å². The smallest absolute Gasteiger partial charge is 0.271 e. The Labute approximate surface area is 184 Å². The monoisotopic (exact) mass is 446 g/mol. The Morgan fingerprint density at radius 2 is 2.00 bits per heavy atom. The number of hydrogen-bond donors (Lipinski definition) is 2. The fraction of sp³-hybridized carbons (Fsp3) is 0.455. The van der Waals surface area contributed by atoms with Crippen LogP contribution in [0.1, 0.15) is 49.5 Å². The predicted molar refractivity (Wildman–Crippen MR) is 112 cm³/mol. The van der Waals surface area contributed by atoms with Crippen LogP contribution < -0.4 is 15.4 Å². The highest BCUT2D eigenvalue weighted by Gasteiger charge is 2.54. The number of aromatic nitrogens is 2. The van der Waals surface area contributed by atoms with Crippen molar-refractivity contribution in [2.45, 2.75) is 50.1 Å². The molecule has 3 aliphatic carbocycles. The summed E-state index contributed by atoms with van der Waals surface area (Å²) < 4.78 is 19.0. The fourth-order valence-electron chi connectivity index (χ4n) is 4.83. The number of fused-ring (bicyclic) bond motifs is 3. The molecule has 1 aromatic carbocycles. The van der Waals surface area contributed by atoms with Crippen LogP contribution in [0, 0.1) is 11.7 Å². The van der Waals surface area contributed by atoms with Crippen molar-refractivity contribution in [3.05, 3.63) is 53.3 Å².